The van der Waals surface area contributed by atoms with Crippen molar-refractivity contribution in [3.63, 3.8) is 0 Å². The first-order chi connectivity index (χ1) is 16.0. The molecular formula is C23H18N6O3S. The first kappa shape index (κ1) is 21.7. The fraction of sp³-hybridized carbons (Fsp3) is 0.0870. The van der Waals surface area contributed by atoms with Crippen molar-refractivity contribution >= 4 is 40.2 Å². The van der Waals surface area contributed by atoms with Gasteiger partial charge in [-0.05, 0) is 17.0 Å². The third kappa shape index (κ3) is 5.23. The van der Waals surface area contributed by atoms with E-state index in [9.17, 15) is 9.59 Å². The van der Waals surface area contributed by atoms with Gasteiger partial charge in [-0.2, -0.15) is 0 Å². The van der Waals surface area contributed by atoms with Crippen LogP contribution in [0.4, 0.5) is 15.4 Å². The SMILES string of the molecule is C#Cc1nc(NC(=O)NC(COC(N)=O)c2ccc(-c3cccc4cncnc34)cc2)cs1. The smallest absolute Gasteiger partial charge is 0.404 e. The molecular weight excluding hydrogens is 440 g/mol. The fourth-order valence-electron chi connectivity index (χ4n) is 3.24. The number of amides is 3. The molecule has 3 amide bonds. The van der Waals surface area contributed by atoms with Gasteiger partial charge in [0, 0.05) is 22.5 Å². The average molecular weight is 459 g/mol. The van der Waals surface area contributed by atoms with E-state index in [4.69, 9.17) is 16.9 Å². The summed E-state index contributed by atoms with van der Waals surface area (Å²) in [7, 11) is 0. The summed E-state index contributed by atoms with van der Waals surface area (Å²) in [6.07, 6.45) is 7.64. The van der Waals surface area contributed by atoms with Crippen molar-refractivity contribution in [3.05, 3.63) is 70.9 Å². The van der Waals surface area contributed by atoms with Gasteiger partial charge in [0.25, 0.3) is 0 Å². The quantitative estimate of drug-likeness (QED) is 0.378. The van der Waals surface area contributed by atoms with E-state index < -0.39 is 18.2 Å². The lowest BCUT2D eigenvalue weighted by molar-refractivity contribution is 0.144. The number of anilines is 1. The number of primary amides is 1. The van der Waals surface area contributed by atoms with Crippen LogP contribution in [0.3, 0.4) is 0 Å². The molecule has 0 spiro atoms. The number of urea groups is 1. The van der Waals surface area contributed by atoms with Crippen molar-refractivity contribution in [3.8, 4) is 23.5 Å². The summed E-state index contributed by atoms with van der Waals surface area (Å²) in [5.74, 6) is 2.73. The number of aromatic nitrogens is 3. The van der Waals surface area contributed by atoms with Gasteiger partial charge >= 0.3 is 12.1 Å². The van der Waals surface area contributed by atoms with E-state index in [0.29, 0.717) is 16.4 Å². The minimum absolute atomic E-state index is 0.143. The van der Waals surface area contributed by atoms with Crippen LogP contribution in [0.25, 0.3) is 22.0 Å². The number of hydrogen-bond donors (Lipinski definition) is 3. The topological polar surface area (TPSA) is 132 Å². The molecule has 2 aromatic carbocycles. The van der Waals surface area contributed by atoms with Crippen LogP contribution in [0.2, 0.25) is 0 Å². The van der Waals surface area contributed by atoms with E-state index in [-0.39, 0.29) is 6.61 Å². The standard InChI is InChI=1S/C23H18N6O3S/c1-2-20-28-19(12-33-20)29-23(31)27-18(11-32-22(24)30)15-8-6-14(7-9-15)17-5-3-4-16-10-25-13-26-21(16)17/h1,3-10,12-13,18H,11H2,(H2,24,30)(H2,27,29,31). The predicted molar refractivity (Wildman–Crippen MR) is 125 cm³/mol. The third-order valence-electron chi connectivity index (χ3n) is 4.73. The molecule has 0 saturated heterocycles. The summed E-state index contributed by atoms with van der Waals surface area (Å²) in [5, 5.41) is 8.39. The molecule has 0 bridgehead atoms. The number of hydrogen-bond acceptors (Lipinski definition) is 7. The molecule has 33 heavy (non-hydrogen) atoms. The zero-order valence-corrected chi connectivity index (χ0v) is 18.0. The molecule has 0 radical (unpaired) electrons. The molecule has 2 aromatic heterocycles. The Hall–Kier alpha value is -4.49. The number of para-hydroxylation sites is 1. The Morgan fingerprint density at radius 1 is 1.21 bits per heavy atom. The molecule has 0 fully saturated rings. The summed E-state index contributed by atoms with van der Waals surface area (Å²) < 4.78 is 4.94. The monoisotopic (exact) mass is 458 g/mol. The maximum atomic E-state index is 12.5. The molecule has 10 heteroatoms. The normalized spacial score (nSPS) is 11.4. The number of nitrogens with one attached hydrogen (secondary N) is 2. The molecule has 4 N–H and O–H groups in total. The van der Waals surface area contributed by atoms with Crippen LogP contribution in [0.15, 0.2) is 60.4 Å². The number of ether oxygens (including phenoxy) is 1. The molecule has 9 nitrogen and oxygen atoms in total. The van der Waals surface area contributed by atoms with Gasteiger partial charge in [-0.1, -0.05) is 42.5 Å². The summed E-state index contributed by atoms with van der Waals surface area (Å²) in [5.41, 5.74) is 8.55. The highest BCUT2D eigenvalue weighted by atomic mass is 32.1. The maximum Gasteiger partial charge on any atom is 0.404 e. The Labute approximate surface area is 193 Å². The zero-order valence-electron chi connectivity index (χ0n) is 17.2. The number of thiazole rings is 1. The Bertz CT molecular complexity index is 1340. The lowest BCUT2D eigenvalue weighted by atomic mass is 9.99. The van der Waals surface area contributed by atoms with Crippen LogP contribution in [-0.4, -0.2) is 33.7 Å². The number of carbonyl (C=O) groups excluding carboxylic acids is 2. The number of nitrogens with two attached hydrogens (primary N) is 1. The van der Waals surface area contributed by atoms with Crippen LogP contribution < -0.4 is 16.4 Å². The summed E-state index contributed by atoms with van der Waals surface area (Å²) >= 11 is 1.24. The van der Waals surface area contributed by atoms with Crippen molar-refractivity contribution in [2.45, 2.75) is 6.04 Å². The van der Waals surface area contributed by atoms with Gasteiger partial charge in [-0.25, -0.2) is 24.5 Å². The van der Waals surface area contributed by atoms with E-state index in [2.05, 4.69) is 31.5 Å². The molecule has 1 atom stereocenters. The van der Waals surface area contributed by atoms with Crippen LogP contribution >= 0.6 is 11.3 Å². The minimum atomic E-state index is -0.938. The number of rotatable bonds is 6. The summed E-state index contributed by atoms with van der Waals surface area (Å²) in [4.78, 5) is 36.2. The maximum absolute atomic E-state index is 12.5. The van der Waals surface area contributed by atoms with Gasteiger partial charge in [-0.15, -0.1) is 17.8 Å². The summed E-state index contributed by atoms with van der Waals surface area (Å²) in [6, 6.07) is 12.2. The van der Waals surface area contributed by atoms with E-state index in [1.165, 1.54) is 17.7 Å². The second-order valence-corrected chi connectivity index (χ2v) is 7.71. The average Bonchev–Trinajstić information content (AvgIpc) is 3.29. The van der Waals surface area contributed by atoms with Gasteiger partial charge in [0.15, 0.2) is 5.01 Å². The molecule has 164 valence electrons. The fourth-order valence-corrected chi connectivity index (χ4v) is 3.79. The number of benzene rings is 2. The van der Waals surface area contributed by atoms with Crippen LogP contribution in [-0.2, 0) is 4.74 Å². The van der Waals surface area contributed by atoms with E-state index >= 15 is 0 Å². The second-order valence-electron chi connectivity index (χ2n) is 6.85. The molecule has 0 aliphatic carbocycles. The van der Waals surface area contributed by atoms with Crippen molar-refractivity contribution in [2.24, 2.45) is 5.73 Å². The first-order valence-corrected chi connectivity index (χ1v) is 10.6. The lowest BCUT2D eigenvalue weighted by Gasteiger charge is -2.19. The van der Waals surface area contributed by atoms with Gasteiger partial charge in [0.2, 0.25) is 0 Å². The van der Waals surface area contributed by atoms with Gasteiger partial charge in [0.05, 0.1) is 11.6 Å². The Morgan fingerprint density at radius 2 is 2.03 bits per heavy atom. The Kier molecular flexibility index (Phi) is 6.43. The number of nitrogens with zero attached hydrogens (tertiary/aromatic N) is 3. The van der Waals surface area contributed by atoms with Gasteiger partial charge in [-0.3, -0.25) is 5.32 Å². The number of fused-ring (bicyclic) bond motifs is 1. The highest BCUT2D eigenvalue weighted by Crippen LogP contribution is 2.28. The van der Waals surface area contributed by atoms with Crippen molar-refractivity contribution in [1.29, 1.82) is 0 Å². The van der Waals surface area contributed by atoms with Crippen molar-refractivity contribution in [1.82, 2.24) is 20.3 Å². The third-order valence-corrected chi connectivity index (χ3v) is 5.50. The molecule has 0 aliphatic rings. The van der Waals surface area contributed by atoms with Crippen LogP contribution in [0.5, 0.6) is 0 Å². The molecule has 4 rings (SSSR count). The van der Waals surface area contributed by atoms with Gasteiger partial charge in [0.1, 0.15) is 18.8 Å². The predicted octanol–water partition coefficient (Wildman–Crippen LogP) is 3.69. The zero-order chi connectivity index (χ0) is 23.2. The Morgan fingerprint density at radius 3 is 2.76 bits per heavy atom. The highest BCUT2D eigenvalue weighted by molar-refractivity contribution is 7.10. The largest absolute Gasteiger partial charge is 0.447 e. The van der Waals surface area contributed by atoms with E-state index in [0.717, 1.165) is 22.0 Å². The van der Waals surface area contributed by atoms with Gasteiger partial charge < -0.3 is 15.8 Å². The van der Waals surface area contributed by atoms with Crippen molar-refractivity contribution < 1.29 is 14.3 Å². The Balaban J connectivity index is 1.54. The molecule has 0 aliphatic heterocycles. The van der Waals surface area contributed by atoms with E-state index in [1.54, 1.807) is 11.6 Å². The second kappa shape index (κ2) is 9.76. The minimum Gasteiger partial charge on any atom is -0.447 e. The number of carbonyl (C=O) groups is 2. The molecule has 1 unspecified atom stereocenters. The summed E-state index contributed by atoms with van der Waals surface area (Å²) in [6.45, 7) is -0.143. The first-order valence-electron chi connectivity index (χ1n) is 9.74. The lowest BCUT2D eigenvalue weighted by Crippen LogP contribution is -2.36. The molecule has 2 heterocycles. The van der Waals surface area contributed by atoms with Crippen LogP contribution in [0, 0.1) is 12.3 Å². The molecule has 4 aromatic rings. The van der Waals surface area contributed by atoms with E-state index in [1.807, 2.05) is 42.5 Å². The highest BCUT2D eigenvalue weighted by Gasteiger charge is 2.18. The molecule has 0 saturated carbocycles. The van der Waals surface area contributed by atoms with Crippen LogP contribution in [0.1, 0.15) is 16.6 Å². The van der Waals surface area contributed by atoms with Crippen molar-refractivity contribution in [2.75, 3.05) is 11.9 Å². The number of terminal acetylenes is 1.